The van der Waals surface area contributed by atoms with Crippen LogP contribution in [0.15, 0.2) is 36.5 Å². The molecule has 18 heavy (non-hydrogen) atoms. The summed E-state index contributed by atoms with van der Waals surface area (Å²) in [5, 5.41) is 3.84. The van der Waals surface area contributed by atoms with Crippen LogP contribution >= 0.6 is 23.2 Å². The van der Waals surface area contributed by atoms with Crippen LogP contribution in [0.5, 0.6) is 0 Å². The van der Waals surface area contributed by atoms with E-state index in [-0.39, 0.29) is 5.82 Å². The van der Waals surface area contributed by atoms with Crippen LogP contribution in [0.1, 0.15) is 17.3 Å². The quantitative estimate of drug-likeness (QED) is 0.926. The number of rotatable bonds is 3. The first-order valence-electron chi connectivity index (χ1n) is 5.36. The number of hydrogen-bond acceptors (Lipinski definition) is 2. The van der Waals surface area contributed by atoms with Crippen molar-refractivity contribution < 1.29 is 4.39 Å². The van der Waals surface area contributed by atoms with Crippen LogP contribution in [0, 0.1) is 5.82 Å². The molecule has 5 heteroatoms. The zero-order valence-electron chi connectivity index (χ0n) is 9.62. The fraction of sp³-hybridized carbons (Fsp3) is 0.154. The van der Waals surface area contributed by atoms with Gasteiger partial charge in [0.25, 0.3) is 0 Å². The van der Waals surface area contributed by atoms with E-state index in [1.54, 1.807) is 37.5 Å². The summed E-state index contributed by atoms with van der Waals surface area (Å²) in [6.45, 7) is 0. The van der Waals surface area contributed by atoms with Crippen LogP contribution in [0.3, 0.4) is 0 Å². The molecule has 2 rings (SSSR count). The van der Waals surface area contributed by atoms with Gasteiger partial charge >= 0.3 is 0 Å². The first-order chi connectivity index (χ1) is 8.65. The van der Waals surface area contributed by atoms with E-state index in [2.05, 4.69) is 10.3 Å². The molecule has 0 aliphatic carbocycles. The molecule has 0 bridgehead atoms. The summed E-state index contributed by atoms with van der Waals surface area (Å²) in [6, 6.07) is 7.74. The second-order valence-electron chi connectivity index (χ2n) is 3.74. The number of halogens is 3. The molecule has 0 aliphatic heterocycles. The summed E-state index contributed by atoms with van der Waals surface area (Å²) in [6.07, 6.45) is 1.54. The highest BCUT2D eigenvalue weighted by Crippen LogP contribution is 2.32. The van der Waals surface area contributed by atoms with Gasteiger partial charge in [-0.05, 0) is 30.8 Å². The van der Waals surface area contributed by atoms with Crippen molar-refractivity contribution in [2.24, 2.45) is 0 Å². The van der Waals surface area contributed by atoms with Crippen molar-refractivity contribution in [3.05, 3.63) is 63.6 Å². The Balaban J connectivity index is 2.53. The van der Waals surface area contributed by atoms with Crippen LogP contribution in [0.4, 0.5) is 4.39 Å². The molecule has 1 aromatic heterocycles. The van der Waals surface area contributed by atoms with Crippen molar-refractivity contribution in [3.63, 3.8) is 0 Å². The van der Waals surface area contributed by atoms with Crippen LogP contribution in [-0.2, 0) is 0 Å². The van der Waals surface area contributed by atoms with Crippen molar-refractivity contribution in [2.75, 3.05) is 7.05 Å². The Kier molecular flexibility index (Phi) is 4.17. The van der Waals surface area contributed by atoms with E-state index in [0.717, 1.165) is 0 Å². The van der Waals surface area contributed by atoms with E-state index in [1.165, 1.54) is 6.07 Å². The van der Waals surface area contributed by atoms with Crippen molar-refractivity contribution in [2.45, 2.75) is 6.04 Å². The third-order valence-electron chi connectivity index (χ3n) is 2.64. The minimum absolute atomic E-state index is 0.296. The van der Waals surface area contributed by atoms with Crippen molar-refractivity contribution >= 4 is 23.2 Å². The van der Waals surface area contributed by atoms with E-state index in [9.17, 15) is 4.39 Å². The smallest absolute Gasteiger partial charge is 0.146 e. The minimum atomic E-state index is -0.433. The average Bonchev–Trinajstić information content (AvgIpc) is 2.37. The summed E-state index contributed by atoms with van der Waals surface area (Å²) in [5.74, 6) is -0.382. The Bertz CT molecular complexity index is 560. The number of benzene rings is 1. The van der Waals surface area contributed by atoms with Gasteiger partial charge in [0.05, 0.1) is 21.8 Å². The molecule has 0 saturated heterocycles. The number of hydrogen-bond donors (Lipinski definition) is 1. The number of aromatic nitrogens is 1. The first-order valence-corrected chi connectivity index (χ1v) is 6.12. The van der Waals surface area contributed by atoms with Gasteiger partial charge < -0.3 is 5.32 Å². The van der Waals surface area contributed by atoms with E-state index in [1.807, 2.05) is 0 Å². The molecule has 0 radical (unpaired) electrons. The van der Waals surface area contributed by atoms with E-state index < -0.39 is 6.04 Å². The highest BCUT2D eigenvalue weighted by Gasteiger charge is 2.20. The Morgan fingerprint density at radius 1 is 1.22 bits per heavy atom. The van der Waals surface area contributed by atoms with Gasteiger partial charge in [0.2, 0.25) is 0 Å². The molecule has 1 N–H and O–H groups in total. The predicted molar refractivity (Wildman–Crippen MR) is 71.6 cm³/mol. The lowest BCUT2D eigenvalue weighted by Gasteiger charge is -2.18. The van der Waals surface area contributed by atoms with Gasteiger partial charge in [-0.2, -0.15) is 0 Å². The monoisotopic (exact) mass is 284 g/mol. The largest absolute Gasteiger partial charge is 0.308 e. The van der Waals surface area contributed by atoms with Crippen molar-refractivity contribution in [3.8, 4) is 0 Å². The lowest BCUT2D eigenvalue weighted by atomic mass is 10.0. The van der Waals surface area contributed by atoms with Gasteiger partial charge in [-0.25, -0.2) is 4.39 Å². The van der Waals surface area contributed by atoms with Crippen LogP contribution in [0.25, 0.3) is 0 Å². The van der Waals surface area contributed by atoms with Crippen LogP contribution in [0.2, 0.25) is 10.0 Å². The summed E-state index contributed by atoms with van der Waals surface area (Å²) in [4.78, 5) is 4.06. The molecule has 0 fully saturated rings. The summed E-state index contributed by atoms with van der Waals surface area (Å²) in [5.41, 5.74) is 0.994. The molecular formula is C13H11Cl2FN2. The maximum atomic E-state index is 13.8. The normalized spacial score (nSPS) is 12.4. The molecule has 1 heterocycles. The minimum Gasteiger partial charge on any atom is -0.308 e. The molecular weight excluding hydrogens is 274 g/mol. The second-order valence-corrected chi connectivity index (χ2v) is 4.52. The van der Waals surface area contributed by atoms with Gasteiger partial charge in [0.1, 0.15) is 5.82 Å². The number of nitrogens with one attached hydrogen (secondary N) is 1. The highest BCUT2D eigenvalue weighted by molar-refractivity contribution is 6.42. The predicted octanol–water partition coefficient (Wildman–Crippen LogP) is 3.84. The number of pyridine rings is 1. The fourth-order valence-electron chi connectivity index (χ4n) is 1.79. The first kappa shape index (κ1) is 13.3. The summed E-state index contributed by atoms with van der Waals surface area (Å²) in [7, 11) is 1.72. The SMILES string of the molecule is CNC(c1cccc(Cl)c1Cl)c1ncccc1F. The lowest BCUT2D eigenvalue weighted by molar-refractivity contribution is 0.560. The Labute approximate surface area is 115 Å². The average molecular weight is 285 g/mol. The molecule has 1 aromatic carbocycles. The Morgan fingerprint density at radius 3 is 2.67 bits per heavy atom. The maximum Gasteiger partial charge on any atom is 0.146 e. The van der Waals surface area contributed by atoms with Crippen molar-refractivity contribution in [1.82, 2.24) is 10.3 Å². The standard InChI is InChI=1S/C13H11Cl2FN2/c1-17-12(13-10(16)6-3-7-18-13)8-4-2-5-9(14)11(8)15/h2-7,12,17H,1H3. The van der Waals surface area contributed by atoms with Gasteiger partial charge in [0, 0.05) is 6.20 Å². The van der Waals surface area contributed by atoms with Gasteiger partial charge in [0.15, 0.2) is 0 Å². The van der Waals surface area contributed by atoms with Crippen LogP contribution in [-0.4, -0.2) is 12.0 Å². The Morgan fingerprint density at radius 2 is 2.00 bits per heavy atom. The molecule has 2 aromatic rings. The molecule has 1 atom stereocenters. The van der Waals surface area contributed by atoms with Gasteiger partial charge in [-0.1, -0.05) is 35.3 Å². The van der Waals surface area contributed by atoms with Gasteiger partial charge in [-0.15, -0.1) is 0 Å². The van der Waals surface area contributed by atoms with E-state index in [0.29, 0.717) is 21.3 Å². The zero-order chi connectivity index (χ0) is 13.1. The Hall–Kier alpha value is -1.16. The second kappa shape index (κ2) is 5.65. The highest BCUT2D eigenvalue weighted by atomic mass is 35.5. The maximum absolute atomic E-state index is 13.8. The number of nitrogens with zero attached hydrogens (tertiary/aromatic N) is 1. The van der Waals surface area contributed by atoms with Gasteiger partial charge in [-0.3, -0.25) is 4.98 Å². The lowest BCUT2D eigenvalue weighted by Crippen LogP contribution is -2.20. The third kappa shape index (κ3) is 2.48. The molecule has 0 aliphatic rings. The topological polar surface area (TPSA) is 24.9 Å². The summed E-state index contributed by atoms with van der Waals surface area (Å²) >= 11 is 12.1. The molecule has 1 unspecified atom stereocenters. The third-order valence-corrected chi connectivity index (χ3v) is 3.48. The van der Waals surface area contributed by atoms with E-state index >= 15 is 0 Å². The molecule has 0 amide bonds. The van der Waals surface area contributed by atoms with Crippen molar-refractivity contribution in [1.29, 1.82) is 0 Å². The molecule has 2 nitrogen and oxygen atoms in total. The molecule has 0 spiro atoms. The zero-order valence-corrected chi connectivity index (χ0v) is 11.1. The fourth-order valence-corrected chi connectivity index (χ4v) is 2.21. The molecule has 0 saturated carbocycles. The van der Waals surface area contributed by atoms with Crippen LogP contribution < -0.4 is 5.32 Å². The summed E-state index contributed by atoms with van der Waals surface area (Å²) < 4.78 is 13.8. The molecule has 94 valence electrons. The van der Waals surface area contributed by atoms with E-state index in [4.69, 9.17) is 23.2 Å².